The van der Waals surface area contributed by atoms with Gasteiger partial charge in [-0.05, 0) is 51.0 Å². The first kappa shape index (κ1) is 17.7. The first-order valence-electron chi connectivity index (χ1n) is 7.98. The second kappa shape index (κ2) is 7.79. The highest BCUT2D eigenvalue weighted by Gasteiger charge is 2.19. The number of nitrogens with zero attached hydrogens (tertiary/aromatic N) is 1. The van der Waals surface area contributed by atoms with Crippen LogP contribution in [0.15, 0.2) is 24.3 Å². The van der Waals surface area contributed by atoms with Crippen LogP contribution in [0.3, 0.4) is 0 Å². The highest BCUT2D eigenvalue weighted by molar-refractivity contribution is 7.92. The van der Waals surface area contributed by atoms with Gasteiger partial charge in [0.2, 0.25) is 10.0 Å². The number of nitrogens with one attached hydrogen (secondary N) is 1. The molecule has 1 aromatic carbocycles. The zero-order valence-corrected chi connectivity index (χ0v) is 14.4. The van der Waals surface area contributed by atoms with Gasteiger partial charge in [0.25, 0.3) is 5.91 Å². The fourth-order valence-electron chi connectivity index (χ4n) is 2.59. The largest absolute Gasteiger partial charge is 0.376 e. The lowest BCUT2D eigenvalue weighted by molar-refractivity contribution is 0.0858. The second-order valence-electron chi connectivity index (χ2n) is 5.46. The molecule has 0 radical (unpaired) electrons. The molecule has 1 fully saturated rings. The van der Waals surface area contributed by atoms with E-state index in [0.717, 1.165) is 19.4 Å². The first-order chi connectivity index (χ1) is 11.0. The number of carbonyl (C=O) groups excluding carboxylic acids is 1. The van der Waals surface area contributed by atoms with Crippen molar-refractivity contribution >= 4 is 21.6 Å². The fraction of sp³-hybridized carbons (Fsp3) is 0.562. The van der Waals surface area contributed by atoms with Crippen molar-refractivity contribution < 1.29 is 17.9 Å². The number of benzene rings is 1. The molecule has 1 N–H and O–H groups in total. The smallest absolute Gasteiger partial charge is 0.251 e. The molecule has 1 aliphatic heterocycles. The molecule has 0 unspecified atom stereocenters. The molecule has 23 heavy (non-hydrogen) atoms. The molecule has 0 aromatic heterocycles. The molecule has 1 aliphatic rings. The highest BCUT2D eigenvalue weighted by Crippen LogP contribution is 2.19. The van der Waals surface area contributed by atoms with Gasteiger partial charge in [-0.1, -0.05) is 0 Å². The van der Waals surface area contributed by atoms with Crippen LogP contribution in [0.5, 0.6) is 0 Å². The van der Waals surface area contributed by atoms with E-state index in [1.807, 2.05) is 0 Å². The third kappa shape index (κ3) is 4.45. The van der Waals surface area contributed by atoms with Gasteiger partial charge in [-0.25, -0.2) is 8.42 Å². The van der Waals surface area contributed by atoms with Crippen molar-refractivity contribution in [3.63, 3.8) is 0 Å². The van der Waals surface area contributed by atoms with Crippen molar-refractivity contribution in [3.8, 4) is 0 Å². The number of rotatable bonds is 7. The molecule has 1 saturated heterocycles. The second-order valence-corrected chi connectivity index (χ2v) is 7.64. The molecule has 1 amide bonds. The average molecular weight is 340 g/mol. The lowest BCUT2D eigenvalue weighted by Crippen LogP contribution is -2.33. The molecule has 0 bridgehead atoms. The van der Waals surface area contributed by atoms with Crippen LogP contribution >= 0.6 is 0 Å². The molecule has 6 nitrogen and oxygen atoms in total. The molecule has 1 aromatic rings. The van der Waals surface area contributed by atoms with Gasteiger partial charge in [0.15, 0.2) is 0 Å². The Morgan fingerprint density at radius 2 is 2.00 bits per heavy atom. The van der Waals surface area contributed by atoms with Crippen molar-refractivity contribution in [1.82, 2.24) is 5.32 Å². The van der Waals surface area contributed by atoms with Gasteiger partial charge < -0.3 is 10.1 Å². The van der Waals surface area contributed by atoms with Crippen molar-refractivity contribution in [1.29, 1.82) is 0 Å². The predicted molar refractivity (Wildman–Crippen MR) is 90.2 cm³/mol. The summed E-state index contributed by atoms with van der Waals surface area (Å²) in [5, 5.41) is 2.85. The van der Waals surface area contributed by atoms with E-state index in [1.165, 1.54) is 4.31 Å². The van der Waals surface area contributed by atoms with Crippen molar-refractivity contribution in [3.05, 3.63) is 29.8 Å². The molecular weight excluding hydrogens is 316 g/mol. The minimum atomic E-state index is -3.30. The number of sulfonamides is 1. The van der Waals surface area contributed by atoms with Crippen molar-refractivity contribution in [2.24, 2.45) is 0 Å². The molecule has 7 heteroatoms. The Morgan fingerprint density at radius 1 is 1.30 bits per heavy atom. The van der Waals surface area contributed by atoms with E-state index in [4.69, 9.17) is 4.74 Å². The Kier molecular flexibility index (Phi) is 6.01. The molecule has 0 spiro atoms. The Balaban J connectivity index is 2.01. The molecule has 0 saturated carbocycles. The minimum Gasteiger partial charge on any atom is -0.376 e. The summed E-state index contributed by atoms with van der Waals surface area (Å²) >= 11 is 0. The topological polar surface area (TPSA) is 75.7 Å². The standard InChI is InChI=1S/C16H24N2O4S/c1-3-18(23(20,21)4-2)14-9-7-13(8-10-14)16(19)17-12-15-6-5-11-22-15/h7-10,15H,3-6,11-12H2,1-2H3,(H,17,19)/t15-/m0/s1. The van der Waals surface area contributed by atoms with Gasteiger partial charge in [-0.15, -0.1) is 0 Å². The summed E-state index contributed by atoms with van der Waals surface area (Å²) in [5.41, 5.74) is 1.08. The number of carbonyl (C=O) groups is 1. The van der Waals surface area contributed by atoms with Crippen LogP contribution in [-0.4, -0.2) is 45.9 Å². The van der Waals surface area contributed by atoms with Crippen LogP contribution in [0.2, 0.25) is 0 Å². The molecule has 128 valence electrons. The summed E-state index contributed by atoms with van der Waals surface area (Å²) < 4.78 is 30.9. The lowest BCUT2D eigenvalue weighted by atomic mass is 10.2. The van der Waals surface area contributed by atoms with E-state index >= 15 is 0 Å². The summed E-state index contributed by atoms with van der Waals surface area (Å²) in [6.07, 6.45) is 2.11. The van der Waals surface area contributed by atoms with Gasteiger partial charge in [-0.2, -0.15) is 0 Å². The van der Waals surface area contributed by atoms with E-state index in [0.29, 0.717) is 24.3 Å². The number of anilines is 1. The monoisotopic (exact) mass is 340 g/mol. The van der Waals surface area contributed by atoms with E-state index in [-0.39, 0.29) is 17.8 Å². The Morgan fingerprint density at radius 3 is 2.52 bits per heavy atom. The lowest BCUT2D eigenvalue weighted by Gasteiger charge is -2.22. The minimum absolute atomic E-state index is 0.0461. The third-order valence-corrected chi connectivity index (χ3v) is 5.79. The van der Waals surface area contributed by atoms with Crippen molar-refractivity contribution in [2.75, 3.05) is 29.8 Å². The Labute approximate surface area is 137 Å². The van der Waals surface area contributed by atoms with Gasteiger partial charge in [0, 0.05) is 25.3 Å². The van der Waals surface area contributed by atoms with Gasteiger partial charge in [-0.3, -0.25) is 9.10 Å². The van der Waals surface area contributed by atoms with Crippen LogP contribution in [-0.2, 0) is 14.8 Å². The SMILES string of the molecule is CCN(c1ccc(C(=O)NC[C@@H]2CCCO2)cc1)S(=O)(=O)CC. The summed E-state index contributed by atoms with van der Waals surface area (Å²) in [6.45, 7) is 5.03. The van der Waals surface area contributed by atoms with E-state index < -0.39 is 10.0 Å². The predicted octanol–water partition coefficient (Wildman–Crippen LogP) is 1.77. The van der Waals surface area contributed by atoms with Gasteiger partial charge in [0.05, 0.1) is 17.5 Å². The maximum atomic E-state index is 12.1. The zero-order valence-electron chi connectivity index (χ0n) is 13.6. The summed E-state index contributed by atoms with van der Waals surface area (Å²) in [7, 11) is -3.30. The van der Waals surface area contributed by atoms with Gasteiger partial charge >= 0.3 is 0 Å². The molecular formula is C16H24N2O4S. The molecule has 1 heterocycles. The highest BCUT2D eigenvalue weighted by atomic mass is 32.2. The number of hydrogen-bond acceptors (Lipinski definition) is 4. The molecule has 2 rings (SSSR count). The van der Waals surface area contributed by atoms with Crippen LogP contribution in [0.4, 0.5) is 5.69 Å². The van der Waals surface area contributed by atoms with E-state index in [1.54, 1.807) is 38.1 Å². The average Bonchev–Trinajstić information content (AvgIpc) is 3.07. The quantitative estimate of drug-likeness (QED) is 0.821. The fourth-order valence-corrected chi connectivity index (χ4v) is 3.74. The van der Waals surface area contributed by atoms with E-state index in [9.17, 15) is 13.2 Å². The van der Waals surface area contributed by atoms with Crippen LogP contribution in [0.25, 0.3) is 0 Å². The molecule has 0 aliphatic carbocycles. The maximum Gasteiger partial charge on any atom is 0.251 e. The van der Waals surface area contributed by atoms with Gasteiger partial charge in [0.1, 0.15) is 0 Å². The summed E-state index contributed by atoms with van der Waals surface area (Å²) in [4.78, 5) is 12.1. The normalized spacial score (nSPS) is 17.9. The van der Waals surface area contributed by atoms with Crippen molar-refractivity contribution in [2.45, 2.75) is 32.8 Å². The number of amides is 1. The summed E-state index contributed by atoms with van der Waals surface area (Å²) in [6, 6.07) is 6.62. The zero-order chi connectivity index (χ0) is 16.9. The van der Waals surface area contributed by atoms with Crippen LogP contribution < -0.4 is 9.62 Å². The maximum absolute atomic E-state index is 12.1. The molecule has 1 atom stereocenters. The van der Waals surface area contributed by atoms with Crippen LogP contribution in [0.1, 0.15) is 37.0 Å². The third-order valence-electron chi connectivity index (χ3n) is 3.92. The van der Waals surface area contributed by atoms with E-state index in [2.05, 4.69) is 5.32 Å². The van der Waals surface area contributed by atoms with Crippen LogP contribution in [0, 0.1) is 0 Å². The summed E-state index contributed by atoms with van der Waals surface area (Å²) in [5.74, 6) is -0.127. The Hall–Kier alpha value is -1.60. The number of ether oxygens (including phenoxy) is 1. The number of hydrogen-bond donors (Lipinski definition) is 1. The first-order valence-corrected chi connectivity index (χ1v) is 9.59. The Bertz CT molecular complexity index is 622.